The van der Waals surface area contributed by atoms with Gasteiger partial charge in [0.05, 0.1) is 12.2 Å². The van der Waals surface area contributed by atoms with Crippen LogP contribution in [0.25, 0.3) is 0 Å². The van der Waals surface area contributed by atoms with Crippen molar-refractivity contribution in [2.24, 2.45) is 5.73 Å². The lowest BCUT2D eigenvalue weighted by atomic mass is 10.1. The predicted octanol–water partition coefficient (Wildman–Crippen LogP) is 0.432. The summed E-state index contributed by atoms with van der Waals surface area (Å²) in [6, 6.07) is 0. The van der Waals surface area contributed by atoms with Gasteiger partial charge in [-0.25, -0.2) is 4.79 Å². The van der Waals surface area contributed by atoms with Crippen LogP contribution >= 0.6 is 0 Å². The van der Waals surface area contributed by atoms with Gasteiger partial charge in [0.25, 0.3) is 0 Å². The SMILES string of the molecule is CC(C)(C)OC(COC(N)=O)[C@H]1OC[C@@H]2O[C@@H]21. The van der Waals surface area contributed by atoms with Crippen molar-refractivity contribution in [1.82, 2.24) is 0 Å². The molecule has 6 heteroatoms. The van der Waals surface area contributed by atoms with Gasteiger partial charge in [-0.15, -0.1) is 0 Å². The molecule has 0 aromatic heterocycles. The second kappa shape index (κ2) is 4.44. The maximum absolute atomic E-state index is 10.6. The fraction of sp³-hybridized carbons (Fsp3) is 0.909. The molecule has 0 saturated carbocycles. The molecule has 98 valence electrons. The molecular formula is C11H19NO5. The smallest absolute Gasteiger partial charge is 0.404 e. The number of fused-ring (bicyclic) bond motifs is 1. The minimum Gasteiger partial charge on any atom is -0.447 e. The van der Waals surface area contributed by atoms with Crippen molar-refractivity contribution in [3.63, 3.8) is 0 Å². The number of carbonyl (C=O) groups is 1. The Morgan fingerprint density at radius 2 is 2.24 bits per heavy atom. The molecule has 1 amide bonds. The van der Waals surface area contributed by atoms with Gasteiger partial charge in [-0.05, 0) is 20.8 Å². The van der Waals surface area contributed by atoms with Crippen LogP contribution in [0.5, 0.6) is 0 Å². The molecule has 2 rings (SSSR count). The van der Waals surface area contributed by atoms with Crippen LogP contribution in [-0.4, -0.2) is 49.3 Å². The van der Waals surface area contributed by atoms with E-state index in [0.29, 0.717) is 6.61 Å². The lowest BCUT2D eigenvalue weighted by Gasteiger charge is -2.30. The first kappa shape index (κ1) is 12.6. The highest BCUT2D eigenvalue weighted by molar-refractivity contribution is 5.64. The van der Waals surface area contributed by atoms with E-state index < -0.39 is 6.09 Å². The lowest BCUT2D eigenvalue weighted by Crippen LogP contribution is -2.43. The molecule has 0 spiro atoms. The Balaban J connectivity index is 1.93. The third kappa shape index (κ3) is 3.31. The number of ether oxygens (including phenoxy) is 4. The summed E-state index contributed by atoms with van der Waals surface area (Å²) in [5.41, 5.74) is 4.61. The number of amides is 1. The zero-order valence-electron chi connectivity index (χ0n) is 10.3. The normalized spacial score (nSPS) is 33.0. The van der Waals surface area contributed by atoms with E-state index in [1.54, 1.807) is 0 Å². The third-order valence-electron chi connectivity index (χ3n) is 2.66. The Hall–Kier alpha value is -0.850. The van der Waals surface area contributed by atoms with E-state index in [2.05, 4.69) is 0 Å². The van der Waals surface area contributed by atoms with E-state index in [1.807, 2.05) is 20.8 Å². The van der Waals surface area contributed by atoms with E-state index in [4.69, 9.17) is 24.7 Å². The van der Waals surface area contributed by atoms with Crippen molar-refractivity contribution < 1.29 is 23.7 Å². The first-order valence-corrected chi connectivity index (χ1v) is 5.74. The molecule has 0 radical (unpaired) electrons. The largest absolute Gasteiger partial charge is 0.447 e. The zero-order valence-corrected chi connectivity index (χ0v) is 10.3. The topological polar surface area (TPSA) is 83.3 Å². The maximum Gasteiger partial charge on any atom is 0.404 e. The quantitative estimate of drug-likeness (QED) is 0.726. The Morgan fingerprint density at radius 1 is 1.53 bits per heavy atom. The van der Waals surface area contributed by atoms with Gasteiger partial charge < -0.3 is 24.7 Å². The van der Waals surface area contributed by atoms with Crippen LogP contribution in [0.3, 0.4) is 0 Å². The molecule has 2 saturated heterocycles. The number of hydrogen-bond donors (Lipinski definition) is 1. The fourth-order valence-corrected chi connectivity index (χ4v) is 2.01. The van der Waals surface area contributed by atoms with Crippen LogP contribution in [0.4, 0.5) is 4.79 Å². The van der Waals surface area contributed by atoms with Gasteiger partial charge in [0.1, 0.15) is 31.0 Å². The van der Waals surface area contributed by atoms with Gasteiger partial charge in [-0.3, -0.25) is 0 Å². The summed E-state index contributed by atoms with van der Waals surface area (Å²) in [7, 11) is 0. The number of rotatable bonds is 4. The van der Waals surface area contributed by atoms with Crippen LogP contribution in [0, 0.1) is 0 Å². The molecule has 2 aliphatic rings. The van der Waals surface area contributed by atoms with Crippen molar-refractivity contribution in [3.8, 4) is 0 Å². The summed E-state index contributed by atoms with van der Waals surface area (Å²) in [4.78, 5) is 10.6. The van der Waals surface area contributed by atoms with Gasteiger partial charge in [0, 0.05) is 0 Å². The molecule has 2 aliphatic heterocycles. The monoisotopic (exact) mass is 245 g/mol. The summed E-state index contributed by atoms with van der Waals surface area (Å²) in [6.45, 7) is 6.47. The minimum absolute atomic E-state index is 0.0684. The van der Waals surface area contributed by atoms with Crippen molar-refractivity contribution in [2.45, 2.75) is 50.8 Å². The van der Waals surface area contributed by atoms with E-state index in [9.17, 15) is 4.79 Å². The fourth-order valence-electron chi connectivity index (χ4n) is 2.01. The lowest BCUT2D eigenvalue weighted by molar-refractivity contribution is -0.146. The second-order valence-corrected chi connectivity index (χ2v) is 5.34. The average Bonchev–Trinajstić information content (AvgIpc) is 2.84. The standard InChI is InChI=1S/C11H19NO5/c1-11(2,3)17-7(5-15-10(12)13)8-9-6(16-9)4-14-8/h6-9H,4-5H2,1-3H3,(H2,12,13)/t6-,7?,8+,9-/m0/s1. The first-order chi connectivity index (χ1) is 7.87. The third-order valence-corrected chi connectivity index (χ3v) is 2.66. The molecule has 2 heterocycles. The molecule has 2 fully saturated rings. The first-order valence-electron chi connectivity index (χ1n) is 5.74. The number of hydrogen-bond acceptors (Lipinski definition) is 5. The highest BCUT2D eigenvalue weighted by Crippen LogP contribution is 2.37. The molecule has 1 unspecified atom stereocenters. The molecule has 6 nitrogen and oxygen atoms in total. The summed E-state index contributed by atoms with van der Waals surface area (Å²) in [6.07, 6.45) is -1.09. The summed E-state index contributed by atoms with van der Waals surface area (Å²) in [5.74, 6) is 0. The van der Waals surface area contributed by atoms with E-state index >= 15 is 0 Å². The number of primary amides is 1. The van der Waals surface area contributed by atoms with E-state index in [0.717, 1.165) is 0 Å². The second-order valence-electron chi connectivity index (χ2n) is 5.34. The maximum atomic E-state index is 10.6. The summed E-state index contributed by atoms with van der Waals surface area (Å²) < 4.78 is 21.6. The highest BCUT2D eigenvalue weighted by Gasteiger charge is 2.55. The average molecular weight is 245 g/mol. The Bertz CT molecular complexity index is 301. The van der Waals surface area contributed by atoms with Crippen LogP contribution in [0.1, 0.15) is 20.8 Å². The van der Waals surface area contributed by atoms with Crippen molar-refractivity contribution in [1.29, 1.82) is 0 Å². The van der Waals surface area contributed by atoms with Gasteiger partial charge >= 0.3 is 6.09 Å². The Morgan fingerprint density at radius 3 is 2.65 bits per heavy atom. The summed E-state index contributed by atoms with van der Waals surface area (Å²) in [5, 5.41) is 0. The van der Waals surface area contributed by atoms with Gasteiger partial charge in [-0.2, -0.15) is 0 Å². The van der Waals surface area contributed by atoms with E-state index in [-0.39, 0.29) is 36.6 Å². The predicted molar refractivity (Wildman–Crippen MR) is 58.6 cm³/mol. The zero-order chi connectivity index (χ0) is 12.6. The van der Waals surface area contributed by atoms with E-state index in [1.165, 1.54) is 0 Å². The molecule has 4 atom stereocenters. The number of carbonyl (C=O) groups excluding carboxylic acids is 1. The highest BCUT2D eigenvalue weighted by atomic mass is 16.7. The van der Waals surface area contributed by atoms with Gasteiger partial charge in [0.2, 0.25) is 0 Å². The molecular weight excluding hydrogens is 226 g/mol. The molecule has 0 aromatic rings. The van der Waals surface area contributed by atoms with Gasteiger partial charge in [-0.1, -0.05) is 0 Å². The Kier molecular flexibility index (Phi) is 3.29. The molecule has 0 aromatic carbocycles. The van der Waals surface area contributed by atoms with Crippen LogP contribution in [-0.2, 0) is 18.9 Å². The van der Waals surface area contributed by atoms with Gasteiger partial charge in [0.15, 0.2) is 0 Å². The minimum atomic E-state index is -0.807. The molecule has 0 aliphatic carbocycles. The Labute approximate surface area is 100 Å². The van der Waals surface area contributed by atoms with Crippen LogP contribution in [0.2, 0.25) is 0 Å². The van der Waals surface area contributed by atoms with Crippen molar-refractivity contribution >= 4 is 6.09 Å². The number of nitrogens with two attached hydrogens (primary N) is 1. The van der Waals surface area contributed by atoms with Crippen molar-refractivity contribution in [2.75, 3.05) is 13.2 Å². The molecule has 2 N–H and O–H groups in total. The summed E-state index contributed by atoms with van der Waals surface area (Å²) >= 11 is 0. The van der Waals surface area contributed by atoms with Crippen molar-refractivity contribution in [3.05, 3.63) is 0 Å². The number of epoxide rings is 1. The van der Waals surface area contributed by atoms with Crippen LogP contribution < -0.4 is 5.73 Å². The van der Waals surface area contributed by atoms with Crippen LogP contribution in [0.15, 0.2) is 0 Å². The molecule has 17 heavy (non-hydrogen) atoms. The molecule has 0 bridgehead atoms.